The number of benzene rings is 4. The monoisotopic (exact) mass is 632 g/mol. The molecular weight excluding hydrogens is 605 g/mol. The van der Waals surface area contributed by atoms with Crippen LogP contribution in [-0.4, -0.2) is 28.5 Å². The van der Waals surface area contributed by atoms with Gasteiger partial charge < -0.3 is 9.84 Å². The maximum Gasteiger partial charge on any atom is 0.338 e. The number of hydrogen-bond donors (Lipinski definition) is 1. The zero-order valence-corrected chi connectivity index (χ0v) is 26.1. The summed E-state index contributed by atoms with van der Waals surface area (Å²) in [5.74, 6) is -0.552. The van der Waals surface area contributed by atoms with E-state index in [1.54, 1.807) is 41.5 Å². The van der Waals surface area contributed by atoms with Crippen LogP contribution in [0.15, 0.2) is 134 Å². The van der Waals surface area contributed by atoms with Crippen LogP contribution in [0.2, 0.25) is 0 Å². The topological polar surface area (TPSA) is 106 Å². The summed E-state index contributed by atoms with van der Waals surface area (Å²) in [5.41, 5.74) is 3.48. The molecule has 1 aliphatic rings. The Morgan fingerprint density at radius 3 is 2.36 bits per heavy atom. The Balaban J connectivity index is 1.54. The number of nitrogens with zero attached hydrogens (tertiary/aromatic N) is 4. The number of carbonyl (C=O) groups excluding carboxylic acids is 1. The van der Waals surface area contributed by atoms with Crippen LogP contribution in [-0.2, 0) is 9.53 Å². The fourth-order valence-corrected chi connectivity index (χ4v) is 6.41. The maximum atomic E-state index is 14.2. The summed E-state index contributed by atoms with van der Waals surface area (Å²) < 4.78 is 7.42. The molecule has 2 heterocycles. The minimum absolute atomic E-state index is 0.0131. The molecule has 0 amide bonds. The van der Waals surface area contributed by atoms with Crippen molar-refractivity contribution in [2.75, 3.05) is 12.9 Å². The van der Waals surface area contributed by atoms with Crippen LogP contribution in [0.1, 0.15) is 29.7 Å². The molecule has 1 atom stereocenters. The van der Waals surface area contributed by atoms with Crippen molar-refractivity contribution in [2.45, 2.75) is 17.9 Å². The van der Waals surface area contributed by atoms with Gasteiger partial charge in [0.2, 0.25) is 0 Å². The largest absolute Gasteiger partial charge is 0.507 e. The highest BCUT2D eigenvalue weighted by atomic mass is 32.2. The lowest BCUT2D eigenvalue weighted by Gasteiger charge is -2.26. The summed E-state index contributed by atoms with van der Waals surface area (Å²) >= 11 is 2.79. The molecule has 0 spiro atoms. The van der Waals surface area contributed by atoms with Crippen molar-refractivity contribution < 1.29 is 14.6 Å². The highest BCUT2D eigenvalue weighted by Gasteiger charge is 2.35. The smallest absolute Gasteiger partial charge is 0.338 e. The Labute approximate surface area is 267 Å². The average molecular weight is 633 g/mol. The Morgan fingerprint density at radius 1 is 0.978 bits per heavy atom. The highest BCUT2D eigenvalue weighted by Crippen LogP contribution is 2.36. The first-order valence-electron chi connectivity index (χ1n) is 14.2. The predicted molar refractivity (Wildman–Crippen MR) is 178 cm³/mol. The van der Waals surface area contributed by atoms with Gasteiger partial charge in [0.25, 0.3) is 5.56 Å². The van der Waals surface area contributed by atoms with Crippen LogP contribution < -0.4 is 14.9 Å². The van der Waals surface area contributed by atoms with Gasteiger partial charge in [0.15, 0.2) is 4.80 Å². The number of aromatic hydroxyl groups is 1. The van der Waals surface area contributed by atoms with E-state index in [1.807, 2.05) is 91.2 Å². The van der Waals surface area contributed by atoms with Gasteiger partial charge in [-0.2, -0.15) is 10.2 Å². The van der Waals surface area contributed by atoms with Gasteiger partial charge >= 0.3 is 5.97 Å². The third-order valence-corrected chi connectivity index (χ3v) is 8.87. The van der Waals surface area contributed by atoms with Gasteiger partial charge in [0.1, 0.15) is 5.75 Å². The number of hydrogen-bond acceptors (Lipinski definition) is 9. The molecular formula is C35H28N4O4S2. The normalized spacial score (nSPS) is 14.8. The number of carbonyl (C=O) groups is 1. The van der Waals surface area contributed by atoms with Crippen molar-refractivity contribution in [1.82, 2.24) is 4.57 Å². The van der Waals surface area contributed by atoms with Gasteiger partial charge in [0, 0.05) is 16.0 Å². The molecule has 1 N–H and O–H groups in total. The summed E-state index contributed by atoms with van der Waals surface area (Å²) in [5, 5.41) is 19.3. The second kappa shape index (κ2) is 13.3. The lowest BCUT2D eigenvalue weighted by molar-refractivity contribution is -0.138. The summed E-state index contributed by atoms with van der Waals surface area (Å²) in [6, 6.07) is 30.6. The zero-order chi connectivity index (χ0) is 31.3. The van der Waals surface area contributed by atoms with Gasteiger partial charge in [-0.1, -0.05) is 72.0 Å². The van der Waals surface area contributed by atoms with Crippen molar-refractivity contribution in [3.05, 3.63) is 145 Å². The van der Waals surface area contributed by atoms with Crippen LogP contribution >= 0.6 is 23.1 Å². The van der Waals surface area contributed by atoms with E-state index in [2.05, 4.69) is 10.2 Å². The van der Waals surface area contributed by atoms with Gasteiger partial charge in [0.05, 0.1) is 39.8 Å². The first-order chi connectivity index (χ1) is 22.0. The molecule has 8 nitrogen and oxygen atoms in total. The highest BCUT2D eigenvalue weighted by molar-refractivity contribution is 7.98. The number of fused-ring (bicyclic) bond motifs is 1. The Kier molecular flexibility index (Phi) is 8.86. The summed E-state index contributed by atoms with van der Waals surface area (Å²) in [6.45, 7) is 1.92. The number of thiazole rings is 1. The zero-order valence-electron chi connectivity index (χ0n) is 24.5. The van der Waals surface area contributed by atoms with Crippen LogP contribution in [0.3, 0.4) is 0 Å². The Morgan fingerprint density at radius 2 is 1.67 bits per heavy atom. The van der Waals surface area contributed by atoms with E-state index in [0.29, 0.717) is 32.0 Å². The molecule has 0 saturated carbocycles. The summed E-state index contributed by atoms with van der Waals surface area (Å²) in [7, 11) is 0. The molecule has 4 aromatic carbocycles. The number of phenolic OH excluding ortho intramolecular Hbond substituents is 1. The first-order valence-corrected chi connectivity index (χ1v) is 16.2. The molecule has 1 aliphatic heterocycles. The second-order valence-corrected chi connectivity index (χ2v) is 11.9. The SMILES string of the molecule is CCOC(=O)C1=C(c2ccccc2)N=c2s/c(=C\c3cc(N=Nc4ccccc4)ccc3O)c(=O)n2[C@H]1c1ccc(SC)cc1. The minimum atomic E-state index is -0.784. The molecule has 0 unspecified atom stereocenters. The summed E-state index contributed by atoms with van der Waals surface area (Å²) in [6.07, 6.45) is 3.60. The van der Waals surface area contributed by atoms with E-state index in [4.69, 9.17) is 9.73 Å². The number of thioether (sulfide) groups is 1. The van der Waals surface area contributed by atoms with E-state index in [-0.39, 0.29) is 23.5 Å². The van der Waals surface area contributed by atoms with Crippen molar-refractivity contribution in [3.63, 3.8) is 0 Å². The number of rotatable bonds is 8. The van der Waals surface area contributed by atoms with Crippen LogP contribution in [0.4, 0.5) is 11.4 Å². The molecule has 10 heteroatoms. The molecule has 1 aromatic heterocycles. The standard InChI is InChI=1S/C35H28N4O4S2/c1-3-43-34(42)30-31(22-10-6-4-7-11-22)36-35-39(32(30)23-14-17-27(44-2)18-15-23)33(41)29(45-35)21-24-20-26(16-19-28(24)40)38-37-25-12-8-5-9-13-25/h4-21,32,40H,3H2,1-2H3/b29-21-,38-37?/t32-/m0/s1. The number of esters is 1. The molecule has 5 aromatic rings. The van der Waals surface area contributed by atoms with E-state index in [0.717, 1.165) is 16.0 Å². The molecule has 0 aliphatic carbocycles. The summed E-state index contributed by atoms with van der Waals surface area (Å²) in [4.78, 5) is 34.2. The lowest BCUT2D eigenvalue weighted by atomic mass is 9.93. The van der Waals surface area contributed by atoms with Crippen molar-refractivity contribution in [1.29, 1.82) is 0 Å². The lowest BCUT2D eigenvalue weighted by Crippen LogP contribution is -2.40. The number of aromatic nitrogens is 1. The van der Waals surface area contributed by atoms with Crippen molar-refractivity contribution in [2.24, 2.45) is 15.2 Å². The van der Waals surface area contributed by atoms with E-state index >= 15 is 0 Å². The number of azo groups is 1. The second-order valence-electron chi connectivity index (χ2n) is 9.98. The van der Waals surface area contributed by atoms with Crippen LogP contribution in [0.5, 0.6) is 5.75 Å². The van der Waals surface area contributed by atoms with Crippen LogP contribution in [0.25, 0.3) is 11.8 Å². The van der Waals surface area contributed by atoms with E-state index in [9.17, 15) is 14.7 Å². The first kappa shape index (κ1) is 30.0. The molecule has 6 rings (SSSR count). The Hall–Kier alpha value is -5.06. The number of ether oxygens (including phenoxy) is 1. The molecule has 0 bridgehead atoms. The molecule has 45 heavy (non-hydrogen) atoms. The van der Waals surface area contributed by atoms with E-state index in [1.165, 1.54) is 17.4 Å². The maximum absolute atomic E-state index is 14.2. The third-order valence-electron chi connectivity index (χ3n) is 7.14. The van der Waals surface area contributed by atoms with Crippen LogP contribution in [0, 0.1) is 0 Å². The van der Waals surface area contributed by atoms with Crippen molar-refractivity contribution in [3.8, 4) is 5.75 Å². The third kappa shape index (κ3) is 6.29. The average Bonchev–Trinajstić information content (AvgIpc) is 3.39. The fourth-order valence-electron chi connectivity index (χ4n) is 5.01. The molecule has 0 fully saturated rings. The molecule has 224 valence electrons. The minimum Gasteiger partial charge on any atom is -0.507 e. The van der Waals surface area contributed by atoms with Gasteiger partial charge in [-0.3, -0.25) is 9.36 Å². The van der Waals surface area contributed by atoms with Gasteiger partial charge in [-0.15, -0.1) is 11.8 Å². The van der Waals surface area contributed by atoms with Crippen molar-refractivity contribution >= 4 is 52.2 Å². The van der Waals surface area contributed by atoms with Gasteiger partial charge in [-0.05, 0) is 67.3 Å². The van der Waals surface area contributed by atoms with E-state index < -0.39 is 12.0 Å². The van der Waals surface area contributed by atoms with Gasteiger partial charge in [-0.25, -0.2) is 9.79 Å². The number of phenols is 1. The quantitative estimate of drug-likeness (QED) is 0.115. The Bertz CT molecular complexity index is 2100. The molecule has 0 radical (unpaired) electrons. The fraction of sp³-hybridized carbons (Fsp3) is 0.114. The molecule has 0 saturated heterocycles. The predicted octanol–water partition coefficient (Wildman–Crippen LogP) is 6.78.